The van der Waals surface area contributed by atoms with Gasteiger partial charge in [-0.3, -0.25) is 14.2 Å². The maximum atomic E-state index is 12.8. The SMILES string of the molecule is CCCCCCCCCCCCCCCCCCCCCCCCCCCCCCCCCCCCCCCCCCCC(=O)OC(COC(=O)CCCCCCCCCCCCC)COP(=O)([O-])OCC[N+](C)(C)C. The number of unbranched alkanes of at least 4 members (excludes halogenated alkanes) is 50. The number of carbonyl (C=O) groups is 2. The van der Waals surface area contributed by atoms with E-state index in [0.717, 1.165) is 32.1 Å². The first-order chi connectivity index (χ1) is 37.0. The summed E-state index contributed by atoms with van der Waals surface area (Å²) < 4.78 is 34.1. The molecule has 0 aromatic carbocycles. The lowest BCUT2D eigenvalue weighted by atomic mass is 10.0. The molecule has 0 spiro atoms. The molecule has 0 bridgehead atoms. The molecule has 0 radical (unpaired) electrons. The monoisotopic (exact) mass is 1100 g/mol. The van der Waals surface area contributed by atoms with Crippen LogP contribution in [0.3, 0.4) is 0 Å². The Hall–Kier alpha value is -0.990. The van der Waals surface area contributed by atoms with Crippen molar-refractivity contribution in [1.29, 1.82) is 0 Å². The molecule has 0 fully saturated rings. The van der Waals surface area contributed by atoms with Crippen LogP contribution in [0.2, 0.25) is 0 Å². The van der Waals surface area contributed by atoms with Gasteiger partial charge >= 0.3 is 11.9 Å². The van der Waals surface area contributed by atoms with Crippen molar-refractivity contribution in [1.82, 2.24) is 0 Å². The molecular weight excluding hydrogens is 966 g/mol. The molecule has 0 saturated heterocycles. The van der Waals surface area contributed by atoms with Gasteiger partial charge in [0, 0.05) is 12.8 Å². The van der Waals surface area contributed by atoms with E-state index < -0.39 is 26.5 Å². The predicted octanol–water partition coefficient (Wildman–Crippen LogP) is 20.8. The van der Waals surface area contributed by atoms with Crippen LogP contribution in [-0.4, -0.2) is 70.0 Å². The highest BCUT2D eigenvalue weighted by Crippen LogP contribution is 2.38. The van der Waals surface area contributed by atoms with Gasteiger partial charge in [0.1, 0.15) is 19.8 Å². The number of hydrogen-bond acceptors (Lipinski definition) is 8. The summed E-state index contributed by atoms with van der Waals surface area (Å²) in [5.74, 6) is -0.813. The summed E-state index contributed by atoms with van der Waals surface area (Å²) in [6, 6.07) is 0. The second-order valence-corrected chi connectivity index (χ2v) is 26.0. The number of ether oxygens (including phenoxy) is 2. The smallest absolute Gasteiger partial charge is 0.306 e. The van der Waals surface area contributed by atoms with E-state index in [0.29, 0.717) is 17.4 Å². The Balaban J connectivity index is 3.75. The van der Waals surface area contributed by atoms with Crippen molar-refractivity contribution >= 4 is 19.8 Å². The maximum absolute atomic E-state index is 12.8. The molecule has 0 saturated carbocycles. The zero-order valence-electron chi connectivity index (χ0n) is 51.7. The number of phosphoric ester groups is 1. The van der Waals surface area contributed by atoms with Crippen molar-refractivity contribution in [2.24, 2.45) is 0 Å². The lowest BCUT2D eigenvalue weighted by molar-refractivity contribution is -0.870. The molecule has 0 aliphatic carbocycles. The summed E-state index contributed by atoms with van der Waals surface area (Å²) in [6.45, 7) is 4.29. The van der Waals surface area contributed by atoms with Crippen molar-refractivity contribution in [3.05, 3.63) is 0 Å². The maximum Gasteiger partial charge on any atom is 0.306 e. The lowest BCUT2D eigenvalue weighted by Gasteiger charge is -2.28. The van der Waals surface area contributed by atoms with E-state index in [1.165, 1.54) is 295 Å². The molecule has 0 heterocycles. The predicted molar refractivity (Wildman–Crippen MR) is 324 cm³/mol. The van der Waals surface area contributed by atoms with E-state index in [9.17, 15) is 19.0 Å². The van der Waals surface area contributed by atoms with E-state index >= 15 is 0 Å². The van der Waals surface area contributed by atoms with Gasteiger partial charge in [-0.25, -0.2) is 0 Å². The van der Waals surface area contributed by atoms with Gasteiger partial charge in [-0.15, -0.1) is 0 Å². The molecule has 2 unspecified atom stereocenters. The Bertz CT molecular complexity index is 1240. The minimum absolute atomic E-state index is 0.0253. The summed E-state index contributed by atoms with van der Waals surface area (Å²) >= 11 is 0. The zero-order valence-corrected chi connectivity index (χ0v) is 52.6. The number of nitrogens with zero attached hydrogens (tertiary/aromatic N) is 1. The molecule has 454 valence electrons. The third-order valence-electron chi connectivity index (χ3n) is 15.6. The van der Waals surface area contributed by atoms with E-state index in [4.69, 9.17) is 18.5 Å². The first-order valence-electron chi connectivity index (χ1n) is 33.7. The van der Waals surface area contributed by atoms with Crippen LogP contribution in [0.4, 0.5) is 0 Å². The fourth-order valence-electron chi connectivity index (χ4n) is 10.4. The van der Waals surface area contributed by atoms with Crippen molar-refractivity contribution < 1.29 is 42.1 Å². The lowest BCUT2D eigenvalue weighted by Crippen LogP contribution is -2.37. The fourth-order valence-corrected chi connectivity index (χ4v) is 11.2. The largest absolute Gasteiger partial charge is 0.756 e. The van der Waals surface area contributed by atoms with E-state index in [1.807, 2.05) is 21.1 Å². The van der Waals surface area contributed by atoms with Gasteiger partial charge in [0.15, 0.2) is 6.10 Å². The van der Waals surface area contributed by atoms with Crippen LogP contribution in [0.15, 0.2) is 0 Å². The number of phosphoric acid groups is 1. The first-order valence-corrected chi connectivity index (χ1v) is 35.2. The van der Waals surface area contributed by atoms with E-state index in [2.05, 4.69) is 13.8 Å². The van der Waals surface area contributed by atoms with E-state index in [1.54, 1.807) is 0 Å². The summed E-state index contributed by atoms with van der Waals surface area (Å²) in [6.07, 6.45) is 69.4. The molecule has 0 aliphatic rings. The number of esters is 2. The molecule has 76 heavy (non-hydrogen) atoms. The molecule has 10 heteroatoms. The van der Waals surface area contributed by atoms with Crippen molar-refractivity contribution in [3.8, 4) is 0 Å². The molecule has 0 aliphatic heterocycles. The van der Waals surface area contributed by atoms with Crippen molar-refractivity contribution in [3.63, 3.8) is 0 Å². The highest BCUT2D eigenvalue weighted by Gasteiger charge is 2.22. The quantitative estimate of drug-likeness (QED) is 0.0256. The van der Waals surface area contributed by atoms with Gasteiger partial charge in [-0.1, -0.05) is 335 Å². The molecule has 0 aromatic heterocycles. The van der Waals surface area contributed by atoms with Crippen molar-refractivity contribution in [2.75, 3.05) is 47.5 Å². The summed E-state index contributed by atoms with van der Waals surface area (Å²) in [5, 5.41) is 0. The van der Waals surface area contributed by atoms with Crippen LogP contribution in [0, 0.1) is 0 Å². The van der Waals surface area contributed by atoms with Gasteiger partial charge < -0.3 is 27.9 Å². The number of likely N-dealkylation sites (N-methyl/N-ethyl adjacent to an activating group) is 1. The topological polar surface area (TPSA) is 111 Å². The summed E-state index contributed by atoms with van der Waals surface area (Å²) in [5.41, 5.74) is 0. The Labute approximate surface area is 474 Å². The molecule has 2 atom stereocenters. The van der Waals surface area contributed by atoms with E-state index in [-0.39, 0.29) is 32.0 Å². The van der Waals surface area contributed by atoms with Crippen LogP contribution in [0.1, 0.15) is 361 Å². The first kappa shape index (κ1) is 75.0. The van der Waals surface area contributed by atoms with Crippen molar-refractivity contribution in [2.45, 2.75) is 367 Å². The average Bonchev–Trinajstić information content (AvgIpc) is 3.38. The summed E-state index contributed by atoms with van der Waals surface area (Å²) in [7, 11) is 1.19. The minimum Gasteiger partial charge on any atom is -0.756 e. The second kappa shape index (κ2) is 58.7. The third kappa shape index (κ3) is 62.2. The number of carbonyl (C=O) groups excluding carboxylic acids is 2. The highest BCUT2D eigenvalue weighted by atomic mass is 31.2. The molecule has 0 N–H and O–H groups in total. The number of rotatable bonds is 64. The molecular formula is C66H132NO8P. The van der Waals surface area contributed by atoms with Gasteiger partial charge in [-0.05, 0) is 12.8 Å². The molecule has 0 rings (SSSR count). The Morgan fingerprint density at radius 1 is 0.355 bits per heavy atom. The number of hydrogen-bond donors (Lipinski definition) is 0. The molecule has 0 amide bonds. The minimum atomic E-state index is -4.62. The average molecular weight is 1100 g/mol. The zero-order chi connectivity index (χ0) is 55.6. The van der Waals surface area contributed by atoms with Gasteiger partial charge in [-0.2, -0.15) is 0 Å². The summed E-state index contributed by atoms with van der Waals surface area (Å²) in [4.78, 5) is 37.8. The van der Waals surface area contributed by atoms with Crippen LogP contribution < -0.4 is 4.89 Å². The highest BCUT2D eigenvalue weighted by molar-refractivity contribution is 7.45. The van der Waals surface area contributed by atoms with Gasteiger partial charge in [0.2, 0.25) is 0 Å². The molecule has 0 aromatic rings. The van der Waals surface area contributed by atoms with Crippen LogP contribution in [0.5, 0.6) is 0 Å². The second-order valence-electron chi connectivity index (χ2n) is 24.6. The van der Waals surface area contributed by atoms with Gasteiger partial charge in [0.25, 0.3) is 7.82 Å². The van der Waals surface area contributed by atoms with Gasteiger partial charge in [0.05, 0.1) is 27.7 Å². The third-order valence-corrected chi connectivity index (χ3v) is 16.6. The number of quaternary nitrogens is 1. The standard InChI is InChI=1S/C66H132NO8P/c1-6-8-10-12-14-16-18-19-20-21-22-23-24-25-26-27-28-29-30-31-32-33-34-35-36-37-38-39-40-41-42-43-44-45-46-47-49-51-53-55-57-59-66(69)75-64(63-74-76(70,71)73-61-60-67(3,4)5)62-72-65(68)58-56-54-52-50-48-17-15-13-11-9-7-2/h64H,6-63H2,1-5H3. The molecule has 9 nitrogen and oxygen atoms in total. The Morgan fingerprint density at radius 3 is 0.842 bits per heavy atom. The van der Waals surface area contributed by atoms with Crippen LogP contribution in [-0.2, 0) is 32.7 Å². The Morgan fingerprint density at radius 2 is 0.592 bits per heavy atom. The Kier molecular flexibility index (Phi) is 57.9. The normalized spacial score (nSPS) is 13.1. The fraction of sp³-hybridized carbons (Fsp3) is 0.970. The van der Waals surface area contributed by atoms with Crippen LogP contribution in [0.25, 0.3) is 0 Å². The van der Waals surface area contributed by atoms with Crippen LogP contribution >= 0.6 is 7.82 Å².